The van der Waals surface area contributed by atoms with E-state index in [0.717, 1.165) is 5.56 Å². The van der Waals surface area contributed by atoms with Crippen LogP contribution >= 0.6 is 11.6 Å². The summed E-state index contributed by atoms with van der Waals surface area (Å²) in [5.41, 5.74) is 1.90. The van der Waals surface area contributed by atoms with Gasteiger partial charge >= 0.3 is 5.97 Å². The number of benzene rings is 1. The molecule has 0 saturated heterocycles. The molecular weight excluding hydrogens is 330 g/mol. The molecule has 124 valence electrons. The molecule has 6 nitrogen and oxygen atoms in total. The number of halogens is 1. The predicted molar refractivity (Wildman–Crippen MR) is 91.6 cm³/mol. The molecule has 0 amide bonds. The molecule has 0 radical (unpaired) electrons. The van der Waals surface area contributed by atoms with Crippen molar-refractivity contribution in [2.24, 2.45) is 7.05 Å². The third kappa shape index (κ3) is 2.69. The molecule has 0 bridgehead atoms. The highest BCUT2D eigenvalue weighted by Gasteiger charge is 2.21. The number of nitrogens with zero attached hydrogens (tertiary/aromatic N) is 3. The topological polar surface area (TPSA) is 66.1 Å². The number of carbonyl (C=O) groups is 1. The normalized spacial score (nSPS) is 11.0. The SMILES string of the molecule is COC(=O)c1cc(C)nc2c1c(=O)n(Cc1cccc(Cl)c1)n2C. The highest BCUT2D eigenvalue weighted by atomic mass is 35.5. The van der Waals surface area contributed by atoms with Crippen molar-refractivity contribution in [3.63, 3.8) is 0 Å². The fraction of sp³-hybridized carbons (Fsp3) is 0.235. The van der Waals surface area contributed by atoms with Crippen molar-refractivity contribution in [1.29, 1.82) is 0 Å². The first kappa shape index (κ1) is 16.3. The van der Waals surface area contributed by atoms with Gasteiger partial charge in [-0.15, -0.1) is 0 Å². The van der Waals surface area contributed by atoms with Gasteiger partial charge in [-0.3, -0.25) is 9.48 Å². The Morgan fingerprint density at radius 1 is 1.33 bits per heavy atom. The van der Waals surface area contributed by atoms with Gasteiger partial charge in [0.05, 0.1) is 19.2 Å². The van der Waals surface area contributed by atoms with Crippen molar-refractivity contribution in [3.05, 3.63) is 62.5 Å². The summed E-state index contributed by atoms with van der Waals surface area (Å²) in [6.45, 7) is 2.09. The lowest BCUT2D eigenvalue weighted by molar-refractivity contribution is 0.0602. The van der Waals surface area contributed by atoms with E-state index in [0.29, 0.717) is 22.9 Å². The number of carbonyl (C=O) groups excluding carboxylic acids is 1. The summed E-state index contributed by atoms with van der Waals surface area (Å²) in [5, 5.41) is 0.862. The van der Waals surface area contributed by atoms with Crippen LogP contribution in [0.4, 0.5) is 0 Å². The van der Waals surface area contributed by atoms with Crippen LogP contribution in [0.25, 0.3) is 11.0 Å². The summed E-state index contributed by atoms with van der Waals surface area (Å²) < 4.78 is 7.97. The second-order valence-electron chi connectivity index (χ2n) is 5.52. The smallest absolute Gasteiger partial charge is 0.338 e. The van der Waals surface area contributed by atoms with Crippen molar-refractivity contribution in [3.8, 4) is 0 Å². The number of hydrogen-bond acceptors (Lipinski definition) is 4. The minimum absolute atomic E-state index is 0.227. The zero-order valence-electron chi connectivity index (χ0n) is 13.5. The van der Waals surface area contributed by atoms with E-state index in [4.69, 9.17) is 16.3 Å². The molecule has 1 aromatic carbocycles. The second-order valence-corrected chi connectivity index (χ2v) is 5.95. The molecular formula is C17H16ClN3O3. The lowest BCUT2D eigenvalue weighted by Crippen LogP contribution is -2.22. The summed E-state index contributed by atoms with van der Waals surface area (Å²) in [7, 11) is 3.03. The maximum atomic E-state index is 12.9. The van der Waals surface area contributed by atoms with Gasteiger partial charge in [0.25, 0.3) is 5.56 Å². The number of esters is 1. The van der Waals surface area contributed by atoms with Gasteiger partial charge in [0.1, 0.15) is 5.39 Å². The summed E-state index contributed by atoms with van der Waals surface area (Å²) >= 11 is 6.01. The molecule has 0 fully saturated rings. The Kier molecular flexibility index (Phi) is 4.15. The summed E-state index contributed by atoms with van der Waals surface area (Å²) in [4.78, 5) is 29.3. The van der Waals surface area contributed by atoms with Gasteiger partial charge in [-0.1, -0.05) is 23.7 Å². The molecule has 0 saturated carbocycles. The number of aryl methyl sites for hydroxylation is 2. The van der Waals surface area contributed by atoms with E-state index < -0.39 is 5.97 Å². The Balaban J connectivity index is 2.24. The molecule has 0 aliphatic rings. The van der Waals surface area contributed by atoms with Gasteiger partial charge < -0.3 is 4.74 Å². The Morgan fingerprint density at radius 3 is 2.75 bits per heavy atom. The molecule has 3 rings (SSSR count). The summed E-state index contributed by atoms with van der Waals surface area (Å²) in [6, 6.07) is 8.85. The number of aromatic nitrogens is 3. The van der Waals surface area contributed by atoms with E-state index in [-0.39, 0.29) is 16.5 Å². The first-order valence-electron chi connectivity index (χ1n) is 7.32. The van der Waals surface area contributed by atoms with E-state index in [1.54, 1.807) is 36.9 Å². The Morgan fingerprint density at radius 2 is 2.08 bits per heavy atom. The van der Waals surface area contributed by atoms with Crippen LogP contribution in [0.2, 0.25) is 5.02 Å². The molecule has 0 unspecified atom stereocenters. The van der Waals surface area contributed by atoms with Gasteiger partial charge in [-0.25, -0.2) is 14.5 Å². The standard InChI is InChI=1S/C17H16ClN3O3/c1-10-7-13(17(23)24-3)14-15(19-10)20(2)21(16(14)22)9-11-5-4-6-12(18)8-11/h4-8H,9H2,1-3H3. The quantitative estimate of drug-likeness (QED) is 0.684. The van der Waals surface area contributed by atoms with Crippen molar-refractivity contribution >= 4 is 28.6 Å². The van der Waals surface area contributed by atoms with Crippen LogP contribution in [0, 0.1) is 6.92 Å². The molecule has 0 spiro atoms. The summed E-state index contributed by atoms with van der Waals surface area (Å²) in [6.07, 6.45) is 0. The fourth-order valence-electron chi connectivity index (χ4n) is 2.74. The van der Waals surface area contributed by atoms with Gasteiger partial charge in [0.15, 0.2) is 5.65 Å². The molecule has 0 aliphatic carbocycles. The van der Waals surface area contributed by atoms with Crippen LogP contribution in [0.5, 0.6) is 0 Å². The lowest BCUT2D eigenvalue weighted by atomic mass is 10.1. The number of hydrogen-bond donors (Lipinski definition) is 0. The third-order valence-corrected chi connectivity index (χ3v) is 4.11. The predicted octanol–water partition coefficient (Wildman–Crippen LogP) is 2.53. The first-order chi connectivity index (χ1) is 11.4. The molecule has 0 aliphatic heterocycles. The van der Waals surface area contributed by atoms with Crippen LogP contribution in [-0.2, 0) is 18.3 Å². The maximum Gasteiger partial charge on any atom is 0.338 e. The van der Waals surface area contributed by atoms with Crippen molar-refractivity contribution in [1.82, 2.24) is 14.3 Å². The zero-order chi connectivity index (χ0) is 17.4. The first-order valence-corrected chi connectivity index (χ1v) is 7.70. The van der Waals surface area contributed by atoms with Crippen molar-refractivity contribution in [2.75, 3.05) is 7.11 Å². The highest BCUT2D eigenvalue weighted by Crippen LogP contribution is 2.18. The maximum absolute atomic E-state index is 12.9. The monoisotopic (exact) mass is 345 g/mol. The average molecular weight is 346 g/mol. The molecule has 3 aromatic rings. The molecule has 2 aromatic heterocycles. The Bertz CT molecular complexity index is 1000. The Labute approximate surface area is 143 Å². The molecule has 24 heavy (non-hydrogen) atoms. The highest BCUT2D eigenvalue weighted by molar-refractivity contribution is 6.30. The number of methoxy groups -OCH3 is 1. The minimum Gasteiger partial charge on any atom is -0.465 e. The van der Waals surface area contributed by atoms with Gasteiger partial charge in [0, 0.05) is 17.8 Å². The van der Waals surface area contributed by atoms with E-state index in [9.17, 15) is 9.59 Å². The van der Waals surface area contributed by atoms with Crippen LogP contribution in [-0.4, -0.2) is 27.4 Å². The third-order valence-electron chi connectivity index (χ3n) is 3.87. The van der Waals surface area contributed by atoms with Crippen LogP contribution in [0.1, 0.15) is 21.6 Å². The number of fused-ring (bicyclic) bond motifs is 1. The molecule has 0 N–H and O–H groups in total. The van der Waals surface area contributed by atoms with Crippen molar-refractivity contribution < 1.29 is 9.53 Å². The van der Waals surface area contributed by atoms with Gasteiger partial charge in [-0.05, 0) is 30.7 Å². The summed E-state index contributed by atoms with van der Waals surface area (Å²) in [5.74, 6) is -0.553. The molecule has 0 atom stereocenters. The second kappa shape index (κ2) is 6.13. The number of pyridine rings is 1. The van der Waals surface area contributed by atoms with Crippen LogP contribution < -0.4 is 5.56 Å². The van der Waals surface area contributed by atoms with E-state index in [1.165, 1.54) is 11.8 Å². The van der Waals surface area contributed by atoms with Crippen LogP contribution in [0.3, 0.4) is 0 Å². The van der Waals surface area contributed by atoms with Crippen LogP contribution in [0.15, 0.2) is 35.1 Å². The zero-order valence-corrected chi connectivity index (χ0v) is 14.3. The number of rotatable bonds is 3. The van der Waals surface area contributed by atoms with Gasteiger partial charge in [-0.2, -0.15) is 0 Å². The lowest BCUT2D eigenvalue weighted by Gasteiger charge is -2.07. The minimum atomic E-state index is -0.553. The molecule has 2 heterocycles. The average Bonchev–Trinajstić information content (AvgIpc) is 2.78. The number of ether oxygens (including phenoxy) is 1. The van der Waals surface area contributed by atoms with E-state index >= 15 is 0 Å². The van der Waals surface area contributed by atoms with Crippen molar-refractivity contribution in [2.45, 2.75) is 13.5 Å². The van der Waals surface area contributed by atoms with E-state index in [1.807, 2.05) is 12.1 Å². The molecule has 7 heteroatoms. The van der Waals surface area contributed by atoms with Gasteiger partial charge in [0.2, 0.25) is 0 Å². The largest absolute Gasteiger partial charge is 0.465 e. The Hall–Kier alpha value is -2.60. The van der Waals surface area contributed by atoms with E-state index in [2.05, 4.69) is 4.98 Å². The fourth-order valence-corrected chi connectivity index (χ4v) is 2.95.